The number of carbonyl (C=O) groups excluding carboxylic acids is 2. The number of urea groups is 1. The molecular formula is C18H25N3O2S. The molecule has 3 rings (SSSR count). The molecule has 2 fully saturated rings. The minimum absolute atomic E-state index is 0.0641. The molecule has 1 heterocycles. The van der Waals surface area contributed by atoms with E-state index >= 15 is 0 Å². The topological polar surface area (TPSA) is 61.4 Å². The van der Waals surface area contributed by atoms with Crippen LogP contribution in [0.5, 0.6) is 0 Å². The molecule has 1 saturated heterocycles. The molecule has 24 heavy (non-hydrogen) atoms. The molecule has 0 spiro atoms. The van der Waals surface area contributed by atoms with Crippen molar-refractivity contribution in [1.29, 1.82) is 0 Å². The Bertz CT molecular complexity index is 604. The van der Waals surface area contributed by atoms with Crippen LogP contribution in [0.2, 0.25) is 0 Å². The summed E-state index contributed by atoms with van der Waals surface area (Å²) >= 11 is 1.83. The van der Waals surface area contributed by atoms with Crippen LogP contribution in [0.1, 0.15) is 42.5 Å². The van der Waals surface area contributed by atoms with E-state index in [0.717, 1.165) is 32.4 Å². The number of anilines is 1. The van der Waals surface area contributed by atoms with E-state index in [4.69, 9.17) is 0 Å². The number of likely N-dealkylation sites (tertiary alicyclic amines) is 1. The Kier molecular flexibility index (Phi) is 5.66. The lowest BCUT2D eigenvalue weighted by Crippen LogP contribution is -2.38. The summed E-state index contributed by atoms with van der Waals surface area (Å²) in [6.07, 6.45) is 7.62. The lowest BCUT2D eigenvalue weighted by molar-refractivity contribution is 0.0951. The highest BCUT2D eigenvalue weighted by Crippen LogP contribution is 2.22. The molecule has 1 atom stereocenters. The van der Waals surface area contributed by atoms with Gasteiger partial charge in [0.1, 0.15) is 0 Å². The first-order valence-electron chi connectivity index (χ1n) is 8.65. The summed E-state index contributed by atoms with van der Waals surface area (Å²) in [6, 6.07) is 7.43. The van der Waals surface area contributed by atoms with Crippen LogP contribution in [0.4, 0.5) is 10.5 Å². The van der Waals surface area contributed by atoms with Crippen molar-refractivity contribution in [2.45, 2.75) is 43.4 Å². The molecule has 1 saturated carbocycles. The Balaban J connectivity index is 1.61. The predicted molar refractivity (Wildman–Crippen MR) is 98.7 cm³/mol. The van der Waals surface area contributed by atoms with Gasteiger partial charge in [-0.2, -0.15) is 11.8 Å². The van der Waals surface area contributed by atoms with E-state index in [9.17, 15) is 9.59 Å². The molecule has 1 aromatic rings. The van der Waals surface area contributed by atoms with Gasteiger partial charge in [-0.15, -0.1) is 0 Å². The van der Waals surface area contributed by atoms with E-state index in [2.05, 4.69) is 16.9 Å². The fourth-order valence-corrected chi connectivity index (χ4v) is 3.65. The molecule has 1 unspecified atom stereocenters. The van der Waals surface area contributed by atoms with Gasteiger partial charge >= 0.3 is 6.03 Å². The number of amides is 3. The molecule has 3 amide bonds. The van der Waals surface area contributed by atoms with Crippen LogP contribution in [0.15, 0.2) is 24.3 Å². The maximum absolute atomic E-state index is 12.6. The van der Waals surface area contributed by atoms with Crippen LogP contribution < -0.4 is 10.6 Å². The molecule has 2 aliphatic rings. The second-order valence-corrected chi connectivity index (χ2v) is 7.70. The highest BCUT2D eigenvalue weighted by molar-refractivity contribution is 7.99. The van der Waals surface area contributed by atoms with Gasteiger partial charge in [-0.3, -0.25) is 4.79 Å². The average Bonchev–Trinajstić information content (AvgIpc) is 3.41. The second-order valence-electron chi connectivity index (χ2n) is 6.56. The van der Waals surface area contributed by atoms with Gasteiger partial charge in [0, 0.05) is 35.6 Å². The van der Waals surface area contributed by atoms with Gasteiger partial charge in [-0.25, -0.2) is 4.79 Å². The van der Waals surface area contributed by atoms with Crippen molar-refractivity contribution in [3.05, 3.63) is 29.8 Å². The number of hydrogen-bond donors (Lipinski definition) is 2. The van der Waals surface area contributed by atoms with Crippen molar-refractivity contribution in [3.8, 4) is 0 Å². The third-order valence-electron chi connectivity index (χ3n) is 4.54. The second kappa shape index (κ2) is 7.92. The zero-order valence-electron chi connectivity index (χ0n) is 14.1. The Morgan fingerprint density at radius 1 is 1.21 bits per heavy atom. The van der Waals surface area contributed by atoms with Crippen molar-refractivity contribution < 1.29 is 9.59 Å². The van der Waals surface area contributed by atoms with Gasteiger partial charge in [0.15, 0.2) is 0 Å². The van der Waals surface area contributed by atoms with E-state index in [1.807, 2.05) is 28.8 Å². The largest absolute Gasteiger partial charge is 0.349 e. The smallest absolute Gasteiger partial charge is 0.321 e. The van der Waals surface area contributed by atoms with E-state index in [-0.39, 0.29) is 11.9 Å². The highest BCUT2D eigenvalue weighted by Gasteiger charge is 2.24. The number of nitrogens with one attached hydrogen (secondary N) is 2. The summed E-state index contributed by atoms with van der Waals surface area (Å²) < 4.78 is 0. The third kappa shape index (κ3) is 4.66. The monoisotopic (exact) mass is 347 g/mol. The summed E-state index contributed by atoms with van der Waals surface area (Å²) in [5, 5.41) is 6.43. The minimum Gasteiger partial charge on any atom is -0.349 e. The van der Waals surface area contributed by atoms with Crippen LogP contribution in [-0.2, 0) is 0 Å². The molecule has 1 aliphatic heterocycles. The SMILES string of the molecule is CSC1CCCCN(C(=O)Nc2cccc(C(=O)NC3CC3)c2)C1. The van der Waals surface area contributed by atoms with Crippen LogP contribution in [0, 0.1) is 0 Å². The Morgan fingerprint density at radius 2 is 2.04 bits per heavy atom. The number of nitrogens with zero attached hydrogens (tertiary/aromatic N) is 1. The number of carbonyl (C=O) groups is 2. The third-order valence-corrected chi connectivity index (χ3v) is 5.59. The summed E-state index contributed by atoms with van der Waals surface area (Å²) in [5.74, 6) is -0.0641. The fourth-order valence-electron chi connectivity index (χ4n) is 2.92. The fraction of sp³-hybridized carbons (Fsp3) is 0.556. The molecular weight excluding hydrogens is 322 g/mol. The molecule has 0 bridgehead atoms. The van der Waals surface area contributed by atoms with Gasteiger partial charge in [-0.05, 0) is 50.1 Å². The number of thioether (sulfide) groups is 1. The Labute approximate surface area is 147 Å². The normalized spacial score (nSPS) is 21.0. The lowest BCUT2D eigenvalue weighted by Gasteiger charge is -2.24. The first kappa shape index (κ1) is 17.1. The maximum Gasteiger partial charge on any atom is 0.321 e. The van der Waals surface area contributed by atoms with Crippen LogP contribution in [0.3, 0.4) is 0 Å². The highest BCUT2D eigenvalue weighted by atomic mass is 32.2. The van der Waals surface area contributed by atoms with Crippen LogP contribution in [-0.4, -0.2) is 47.5 Å². The average molecular weight is 347 g/mol. The van der Waals surface area contributed by atoms with Crippen molar-refractivity contribution in [3.63, 3.8) is 0 Å². The van der Waals surface area contributed by atoms with Crippen LogP contribution >= 0.6 is 11.8 Å². The minimum atomic E-state index is -0.0734. The number of rotatable bonds is 4. The summed E-state index contributed by atoms with van der Waals surface area (Å²) in [4.78, 5) is 26.6. The first-order valence-corrected chi connectivity index (χ1v) is 9.94. The first-order chi connectivity index (χ1) is 11.7. The van der Waals surface area contributed by atoms with Crippen LogP contribution in [0.25, 0.3) is 0 Å². The van der Waals surface area contributed by atoms with Gasteiger partial charge < -0.3 is 15.5 Å². The molecule has 130 valence electrons. The molecule has 1 aliphatic carbocycles. The molecule has 2 N–H and O–H groups in total. The Hall–Kier alpha value is -1.69. The quantitative estimate of drug-likeness (QED) is 0.878. The molecule has 5 nitrogen and oxygen atoms in total. The number of benzene rings is 1. The van der Waals surface area contributed by atoms with E-state index in [1.165, 1.54) is 12.8 Å². The molecule has 6 heteroatoms. The zero-order valence-corrected chi connectivity index (χ0v) is 14.9. The Morgan fingerprint density at radius 3 is 2.79 bits per heavy atom. The molecule has 1 aromatic carbocycles. The number of hydrogen-bond acceptors (Lipinski definition) is 3. The summed E-state index contributed by atoms with van der Waals surface area (Å²) in [5.41, 5.74) is 1.27. The summed E-state index contributed by atoms with van der Waals surface area (Å²) in [7, 11) is 0. The molecule has 0 aromatic heterocycles. The van der Waals surface area contributed by atoms with Crippen molar-refractivity contribution in [1.82, 2.24) is 10.2 Å². The van der Waals surface area contributed by atoms with Crippen molar-refractivity contribution in [2.75, 3.05) is 24.7 Å². The standard InChI is InChI=1S/C18H25N3O2S/c1-24-16-7-2-3-10-21(12-16)18(23)20-15-6-4-5-13(11-15)17(22)19-14-8-9-14/h4-6,11,14,16H,2-3,7-10,12H2,1H3,(H,19,22)(H,20,23). The van der Waals surface area contributed by atoms with Crippen molar-refractivity contribution >= 4 is 29.4 Å². The van der Waals surface area contributed by atoms with E-state index in [0.29, 0.717) is 22.5 Å². The van der Waals surface area contributed by atoms with E-state index in [1.54, 1.807) is 12.1 Å². The zero-order chi connectivity index (χ0) is 16.9. The predicted octanol–water partition coefficient (Wildman–Crippen LogP) is 3.33. The van der Waals surface area contributed by atoms with Gasteiger partial charge in [0.05, 0.1) is 0 Å². The lowest BCUT2D eigenvalue weighted by atomic mass is 10.2. The van der Waals surface area contributed by atoms with Gasteiger partial charge in [0.25, 0.3) is 5.91 Å². The van der Waals surface area contributed by atoms with Gasteiger partial charge in [0.2, 0.25) is 0 Å². The summed E-state index contributed by atoms with van der Waals surface area (Å²) in [6.45, 7) is 1.58. The maximum atomic E-state index is 12.6. The van der Waals surface area contributed by atoms with Crippen molar-refractivity contribution in [2.24, 2.45) is 0 Å². The van der Waals surface area contributed by atoms with E-state index < -0.39 is 0 Å². The molecule has 0 radical (unpaired) electrons. The van der Waals surface area contributed by atoms with Gasteiger partial charge in [-0.1, -0.05) is 12.5 Å².